The third kappa shape index (κ3) is 4.32. The highest BCUT2D eigenvalue weighted by atomic mass is 16.4. The molecule has 0 rings (SSSR count). The van der Waals surface area contributed by atoms with Crippen LogP contribution in [-0.2, 0) is 4.79 Å². The van der Waals surface area contributed by atoms with E-state index in [-0.39, 0.29) is 18.9 Å². The van der Waals surface area contributed by atoms with Gasteiger partial charge in [-0.1, -0.05) is 13.3 Å². The van der Waals surface area contributed by atoms with Crippen LogP contribution in [0.5, 0.6) is 0 Å². The van der Waals surface area contributed by atoms with Crippen LogP contribution in [0.25, 0.3) is 0 Å². The van der Waals surface area contributed by atoms with Crippen LogP contribution < -0.4 is 0 Å². The number of rotatable bonds is 5. The van der Waals surface area contributed by atoms with Gasteiger partial charge >= 0.3 is 5.97 Å². The summed E-state index contributed by atoms with van der Waals surface area (Å²) in [6, 6.07) is 0. The van der Waals surface area contributed by atoms with Crippen LogP contribution in [0.2, 0.25) is 0 Å². The Hall–Kier alpha value is -0.570. The van der Waals surface area contributed by atoms with Gasteiger partial charge in [-0.2, -0.15) is 0 Å². The van der Waals surface area contributed by atoms with Gasteiger partial charge in [0.05, 0.1) is 0 Å². The number of hydrogen-bond donors (Lipinski definition) is 2. The van der Waals surface area contributed by atoms with Gasteiger partial charge in [0.2, 0.25) is 0 Å². The van der Waals surface area contributed by atoms with Crippen molar-refractivity contribution in [2.45, 2.75) is 26.2 Å². The molecule has 0 aliphatic heterocycles. The van der Waals surface area contributed by atoms with E-state index in [0.29, 0.717) is 6.42 Å². The molecule has 0 saturated heterocycles. The van der Waals surface area contributed by atoms with Crippen LogP contribution >= 0.6 is 0 Å². The Bertz CT molecular complexity index is 97.0. The van der Waals surface area contributed by atoms with Gasteiger partial charge in [-0.15, -0.1) is 0 Å². The maximum Gasteiger partial charge on any atom is 0.303 e. The molecule has 0 spiro atoms. The lowest BCUT2D eigenvalue weighted by Crippen LogP contribution is -2.07. The molecule has 60 valence electrons. The van der Waals surface area contributed by atoms with Crippen molar-refractivity contribution in [2.75, 3.05) is 6.61 Å². The number of aliphatic carboxylic acids is 1. The van der Waals surface area contributed by atoms with E-state index in [1.807, 2.05) is 6.92 Å². The topological polar surface area (TPSA) is 57.5 Å². The predicted molar refractivity (Wildman–Crippen MR) is 37.7 cm³/mol. The molecule has 1 atom stereocenters. The Morgan fingerprint density at radius 2 is 2.20 bits per heavy atom. The molecular formula is C7H14O3. The van der Waals surface area contributed by atoms with E-state index in [1.165, 1.54) is 0 Å². The Balaban J connectivity index is 3.34. The van der Waals surface area contributed by atoms with Crippen LogP contribution in [0.1, 0.15) is 26.2 Å². The highest BCUT2D eigenvalue weighted by Crippen LogP contribution is 2.08. The minimum absolute atomic E-state index is 0.101. The van der Waals surface area contributed by atoms with Gasteiger partial charge in [0.15, 0.2) is 0 Å². The van der Waals surface area contributed by atoms with Crippen molar-refractivity contribution in [3.8, 4) is 0 Å². The molecule has 0 radical (unpaired) electrons. The lowest BCUT2D eigenvalue weighted by Gasteiger charge is -2.07. The summed E-state index contributed by atoms with van der Waals surface area (Å²) in [5, 5.41) is 16.9. The molecule has 0 aliphatic rings. The SMILES string of the molecule is CC[C@@H](CO)CCC(=O)O. The molecule has 0 aromatic carbocycles. The summed E-state index contributed by atoms with van der Waals surface area (Å²) in [6.45, 7) is 2.05. The van der Waals surface area contributed by atoms with Crippen molar-refractivity contribution < 1.29 is 15.0 Å². The number of carboxylic acid groups (broad SMARTS) is 1. The first-order valence-electron chi connectivity index (χ1n) is 3.53. The molecule has 0 aromatic rings. The van der Waals surface area contributed by atoms with Crippen molar-refractivity contribution in [1.29, 1.82) is 0 Å². The van der Waals surface area contributed by atoms with Crippen LogP contribution in [-0.4, -0.2) is 22.8 Å². The van der Waals surface area contributed by atoms with Gasteiger partial charge in [-0.05, 0) is 12.3 Å². The van der Waals surface area contributed by atoms with Crippen molar-refractivity contribution in [2.24, 2.45) is 5.92 Å². The second-order valence-corrected chi connectivity index (χ2v) is 2.39. The fourth-order valence-electron chi connectivity index (χ4n) is 0.752. The summed E-state index contributed by atoms with van der Waals surface area (Å²) in [4.78, 5) is 10.1. The number of hydrogen-bond acceptors (Lipinski definition) is 2. The summed E-state index contributed by atoms with van der Waals surface area (Å²) >= 11 is 0. The zero-order chi connectivity index (χ0) is 7.98. The van der Waals surface area contributed by atoms with E-state index in [9.17, 15) is 4.79 Å². The van der Waals surface area contributed by atoms with Gasteiger partial charge in [-0.25, -0.2) is 0 Å². The van der Waals surface area contributed by atoms with Crippen molar-refractivity contribution >= 4 is 5.97 Å². The van der Waals surface area contributed by atoms with Crippen LogP contribution in [0, 0.1) is 5.92 Å². The zero-order valence-corrected chi connectivity index (χ0v) is 6.21. The average Bonchev–Trinajstić information content (AvgIpc) is 1.90. The number of aliphatic hydroxyl groups excluding tert-OH is 1. The Kier molecular flexibility index (Phi) is 4.94. The molecule has 0 saturated carbocycles. The fraction of sp³-hybridized carbons (Fsp3) is 0.857. The van der Waals surface area contributed by atoms with Gasteiger partial charge < -0.3 is 10.2 Å². The maximum absolute atomic E-state index is 10.1. The first kappa shape index (κ1) is 9.43. The van der Waals surface area contributed by atoms with Crippen LogP contribution in [0.3, 0.4) is 0 Å². The summed E-state index contributed by atoms with van der Waals surface area (Å²) in [6.07, 6.45) is 1.60. The van der Waals surface area contributed by atoms with Crippen LogP contribution in [0.15, 0.2) is 0 Å². The lowest BCUT2D eigenvalue weighted by atomic mass is 10.0. The molecular weight excluding hydrogens is 132 g/mol. The molecule has 2 N–H and O–H groups in total. The summed E-state index contributed by atoms with van der Waals surface area (Å²) < 4.78 is 0. The normalized spacial score (nSPS) is 13.0. The average molecular weight is 146 g/mol. The number of carboxylic acids is 1. The first-order chi connectivity index (χ1) is 4.70. The van der Waals surface area contributed by atoms with Crippen molar-refractivity contribution in [3.63, 3.8) is 0 Å². The zero-order valence-electron chi connectivity index (χ0n) is 6.21. The first-order valence-corrected chi connectivity index (χ1v) is 3.53. The minimum Gasteiger partial charge on any atom is -0.481 e. The Labute approximate surface area is 60.7 Å². The molecule has 3 heteroatoms. The van der Waals surface area contributed by atoms with E-state index in [0.717, 1.165) is 6.42 Å². The second-order valence-electron chi connectivity index (χ2n) is 2.39. The van der Waals surface area contributed by atoms with Gasteiger partial charge in [0.25, 0.3) is 0 Å². The summed E-state index contributed by atoms with van der Waals surface area (Å²) in [5.74, 6) is -0.622. The molecule has 0 aliphatic carbocycles. The molecule has 3 nitrogen and oxygen atoms in total. The molecule has 0 amide bonds. The molecule has 0 unspecified atom stereocenters. The smallest absolute Gasteiger partial charge is 0.303 e. The molecule has 0 aromatic heterocycles. The van der Waals surface area contributed by atoms with E-state index in [2.05, 4.69) is 0 Å². The number of aliphatic hydroxyl groups is 1. The predicted octanol–water partition coefficient (Wildman–Crippen LogP) is 0.870. The highest BCUT2D eigenvalue weighted by Gasteiger charge is 2.06. The minimum atomic E-state index is -0.785. The van der Waals surface area contributed by atoms with Gasteiger partial charge in [0.1, 0.15) is 0 Å². The van der Waals surface area contributed by atoms with E-state index < -0.39 is 5.97 Å². The third-order valence-electron chi connectivity index (χ3n) is 1.60. The Morgan fingerprint density at radius 1 is 1.60 bits per heavy atom. The van der Waals surface area contributed by atoms with Gasteiger partial charge in [-0.3, -0.25) is 4.79 Å². The fourth-order valence-corrected chi connectivity index (χ4v) is 0.752. The monoisotopic (exact) mass is 146 g/mol. The van der Waals surface area contributed by atoms with Crippen LogP contribution in [0.4, 0.5) is 0 Å². The van der Waals surface area contributed by atoms with E-state index >= 15 is 0 Å². The number of carbonyl (C=O) groups is 1. The van der Waals surface area contributed by atoms with E-state index in [4.69, 9.17) is 10.2 Å². The highest BCUT2D eigenvalue weighted by molar-refractivity contribution is 5.66. The van der Waals surface area contributed by atoms with E-state index in [1.54, 1.807) is 0 Å². The van der Waals surface area contributed by atoms with Crippen molar-refractivity contribution in [1.82, 2.24) is 0 Å². The lowest BCUT2D eigenvalue weighted by molar-refractivity contribution is -0.137. The summed E-state index contributed by atoms with van der Waals surface area (Å²) in [7, 11) is 0. The standard InChI is InChI=1S/C7H14O3/c1-2-6(5-8)3-4-7(9)10/h6,8H,2-5H2,1H3,(H,9,10)/t6-/m1/s1. The van der Waals surface area contributed by atoms with Crippen molar-refractivity contribution in [3.05, 3.63) is 0 Å². The quantitative estimate of drug-likeness (QED) is 0.605. The summed E-state index contributed by atoms with van der Waals surface area (Å²) in [5.41, 5.74) is 0. The second kappa shape index (κ2) is 5.23. The molecule has 0 fully saturated rings. The molecule has 0 heterocycles. The molecule has 0 bridgehead atoms. The molecule has 10 heavy (non-hydrogen) atoms. The maximum atomic E-state index is 10.1. The largest absolute Gasteiger partial charge is 0.481 e. The van der Waals surface area contributed by atoms with Gasteiger partial charge in [0, 0.05) is 13.0 Å². The Morgan fingerprint density at radius 3 is 2.50 bits per heavy atom. The third-order valence-corrected chi connectivity index (χ3v) is 1.60.